The second-order valence-electron chi connectivity index (χ2n) is 8.61. The first-order chi connectivity index (χ1) is 17.5. The summed E-state index contributed by atoms with van der Waals surface area (Å²) >= 11 is 0. The molecule has 18 heteroatoms. The number of hydrogen-bond acceptors (Lipinski definition) is 14. The Morgan fingerprint density at radius 2 is 1.97 bits per heavy atom. The van der Waals surface area contributed by atoms with Gasteiger partial charge in [0.2, 0.25) is 0 Å². The minimum Gasteiger partial charge on any atom is -0.387 e. The fourth-order valence-corrected chi connectivity index (χ4v) is 5.25. The topological polar surface area (TPSA) is 245 Å². The molecule has 0 radical (unpaired) electrons. The fourth-order valence-electron chi connectivity index (χ4n) is 4.26. The first-order valence-corrected chi connectivity index (χ1v) is 12.6. The lowest BCUT2D eigenvalue weighted by atomic mass is 10.1. The van der Waals surface area contributed by atoms with Gasteiger partial charge in [0, 0.05) is 12.6 Å². The molecule has 8 atom stereocenters. The standard InChI is InChI=1S/C19H25N8O9P/c1-8-9(4-12(34-8)26-3-2-11(20)25-19(26)30)36-37(31,32)33-5-10-14(28)15(29)18(35-10)27-7-24-13-16(21)22-6-23-17(13)27/h2-3,6-10,12,14-15,18,28-29H,4-5H2,1H3,(H,31,32)(H2,20,25,30)(H2,21,22,23)/t8-,9+,10-,12-,14-,15-,18-/m1/s1. The van der Waals surface area contributed by atoms with Crippen LogP contribution in [0.25, 0.3) is 11.2 Å². The van der Waals surface area contributed by atoms with E-state index < -0.39 is 63.1 Å². The highest BCUT2D eigenvalue weighted by atomic mass is 31.2. The van der Waals surface area contributed by atoms with E-state index in [0.717, 1.165) is 0 Å². The lowest BCUT2D eigenvalue weighted by molar-refractivity contribution is -0.0540. The molecule has 3 aromatic rings. The first kappa shape index (κ1) is 25.6. The molecule has 0 spiro atoms. The molecule has 0 aromatic carbocycles. The van der Waals surface area contributed by atoms with Crippen molar-refractivity contribution in [2.24, 2.45) is 0 Å². The van der Waals surface area contributed by atoms with Crippen LogP contribution in [-0.4, -0.2) is 81.3 Å². The van der Waals surface area contributed by atoms with Crippen molar-refractivity contribution in [1.29, 1.82) is 0 Å². The number of hydrogen-bond donors (Lipinski definition) is 5. The quantitative estimate of drug-likeness (QED) is 0.218. The number of phosphoric acid groups is 1. The molecule has 0 saturated carbocycles. The van der Waals surface area contributed by atoms with Gasteiger partial charge in [0.05, 0.1) is 25.1 Å². The van der Waals surface area contributed by atoms with Crippen LogP contribution in [-0.2, 0) is 23.1 Å². The zero-order valence-electron chi connectivity index (χ0n) is 19.3. The van der Waals surface area contributed by atoms with Crippen molar-refractivity contribution in [3.8, 4) is 0 Å². The average molecular weight is 540 g/mol. The van der Waals surface area contributed by atoms with Crippen LogP contribution in [0.5, 0.6) is 0 Å². The smallest absolute Gasteiger partial charge is 0.387 e. The Kier molecular flexibility index (Phi) is 6.71. The minimum absolute atomic E-state index is 0.0515. The maximum atomic E-state index is 12.7. The summed E-state index contributed by atoms with van der Waals surface area (Å²) in [7, 11) is -4.67. The summed E-state index contributed by atoms with van der Waals surface area (Å²) in [6.45, 7) is 1.02. The molecule has 2 aliphatic heterocycles. The summed E-state index contributed by atoms with van der Waals surface area (Å²) in [6.07, 6.45) is -3.58. The largest absolute Gasteiger partial charge is 0.472 e. The maximum absolute atomic E-state index is 12.7. The molecule has 5 heterocycles. The van der Waals surface area contributed by atoms with Crippen LogP contribution in [0.1, 0.15) is 25.8 Å². The zero-order chi connectivity index (χ0) is 26.5. The normalized spacial score (nSPS) is 31.6. The summed E-state index contributed by atoms with van der Waals surface area (Å²) in [5.41, 5.74) is 11.2. The lowest BCUT2D eigenvalue weighted by Crippen LogP contribution is -2.33. The second-order valence-corrected chi connectivity index (χ2v) is 10.0. The first-order valence-electron chi connectivity index (χ1n) is 11.1. The summed E-state index contributed by atoms with van der Waals surface area (Å²) < 4.78 is 36.9. The monoisotopic (exact) mass is 540 g/mol. The number of imidazole rings is 1. The number of rotatable bonds is 7. The SMILES string of the molecule is C[C@H]1O[C@@H](n2ccc(N)nc2=O)C[C@@H]1OP(=O)(O)OC[C@H]1O[C@@H](n2cnc3c(N)ncnc32)[C@H](O)[C@@H]1O. The van der Waals surface area contributed by atoms with Crippen LogP contribution in [0.3, 0.4) is 0 Å². The van der Waals surface area contributed by atoms with Crippen LogP contribution < -0.4 is 17.2 Å². The molecule has 0 amide bonds. The molecule has 0 aliphatic carbocycles. The molecule has 0 bridgehead atoms. The Labute approximate surface area is 208 Å². The number of phosphoric ester groups is 1. The summed E-state index contributed by atoms with van der Waals surface area (Å²) in [5.74, 6) is 0.176. The van der Waals surface area contributed by atoms with E-state index in [1.807, 2.05) is 0 Å². The Balaban J connectivity index is 1.21. The van der Waals surface area contributed by atoms with Gasteiger partial charge in [-0.15, -0.1) is 0 Å². The van der Waals surface area contributed by atoms with E-state index in [-0.39, 0.29) is 29.2 Å². The Bertz CT molecular complexity index is 1400. The van der Waals surface area contributed by atoms with Crippen molar-refractivity contribution in [1.82, 2.24) is 29.1 Å². The van der Waals surface area contributed by atoms with Crippen LogP contribution in [0.2, 0.25) is 0 Å². The van der Waals surface area contributed by atoms with Gasteiger partial charge in [-0.25, -0.2) is 24.3 Å². The number of nitrogens with two attached hydrogens (primary N) is 2. The minimum atomic E-state index is -4.67. The van der Waals surface area contributed by atoms with Crippen molar-refractivity contribution >= 4 is 30.6 Å². The van der Waals surface area contributed by atoms with Crippen molar-refractivity contribution < 1.29 is 38.2 Å². The predicted molar refractivity (Wildman–Crippen MR) is 123 cm³/mol. The Morgan fingerprint density at radius 3 is 2.73 bits per heavy atom. The molecule has 1 unspecified atom stereocenters. The highest BCUT2D eigenvalue weighted by molar-refractivity contribution is 7.47. The number of anilines is 2. The van der Waals surface area contributed by atoms with Gasteiger partial charge in [-0.2, -0.15) is 4.98 Å². The van der Waals surface area contributed by atoms with Crippen LogP contribution in [0.15, 0.2) is 29.7 Å². The predicted octanol–water partition coefficient (Wildman–Crippen LogP) is -1.32. The number of nitrogen functional groups attached to an aromatic ring is 2. The van der Waals surface area contributed by atoms with Gasteiger partial charge >= 0.3 is 13.5 Å². The third-order valence-corrected chi connectivity index (χ3v) is 7.17. The van der Waals surface area contributed by atoms with E-state index in [9.17, 15) is 24.5 Å². The van der Waals surface area contributed by atoms with Gasteiger partial charge in [-0.3, -0.25) is 18.2 Å². The van der Waals surface area contributed by atoms with E-state index >= 15 is 0 Å². The maximum Gasteiger partial charge on any atom is 0.472 e. The summed E-state index contributed by atoms with van der Waals surface area (Å²) in [4.78, 5) is 38.0. The summed E-state index contributed by atoms with van der Waals surface area (Å²) in [5, 5.41) is 21.0. The number of aliphatic hydroxyl groups is 2. The van der Waals surface area contributed by atoms with Crippen LogP contribution in [0, 0.1) is 0 Å². The molecule has 37 heavy (non-hydrogen) atoms. The average Bonchev–Trinajstić information content (AvgIpc) is 3.50. The molecule has 3 aromatic heterocycles. The molecule has 5 rings (SSSR count). The third kappa shape index (κ3) is 4.95. The van der Waals surface area contributed by atoms with Gasteiger partial charge in [0.25, 0.3) is 0 Å². The van der Waals surface area contributed by atoms with Gasteiger partial charge in [0.15, 0.2) is 17.7 Å². The van der Waals surface area contributed by atoms with E-state index in [1.165, 1.54) is 34.1 Å². The third-order valence-electron chi connectivity index (χ3n) is 6.16. The molecule has 7 N–H and O–H groups in total. The lowest BCUT2D eigenvalue weighted by Gasteiger charge is -2.21. The molecule has 2 fully saturated rings. The molecule has 2 aliphatic rings. The van der Waals surface area contributed by atoms with E-state index in [0.29, 0.717) is 0 Å². The molecule has 17 nitrogen and oxygen atoms in total. The van der Waals surface area contributed by atoms with Crippen molar-refractivity contribution in [3.63, 3.8) is 0 Å². The number of ether oxygens (including phenoxy) is 2. The summed E-state index contributed by atoms with van der Waals surface area (Å²) in [6, 6.07) is 1.42. The Hall–Kier alpha value is -3.02. The van der Waals surface area contributed by atoms with Gasteiger partial charge in [0.1, 0.15) is 42.2 Å². The zero-order valence-corrected chi connectivity index (χ0v) is 20.2. The molecular weight excluding hydrogens is 515 g/mol. The molecule has 200 valence electrons. The van der Waals surface area contributed by atoms with Gasteiger partial charge < -0.3 is 36.0 Å². The molecular formula is C19H25N8O9P. The van der Waals surface area contributed by atoms with E-state index in [1.54, 1.807) is 6.92 Å². The fraction of sp³-hybridized carbons (Fsp3) is 0.526. The second kappa shape index (κ2) is 9.70. The van der Waals surface area contributed by atoms with Crippen LogP contribution >= 0.6 is 7.82 Å². The number of nitrogens with zero attached hydrogens (tertiary/aromatic N) is 6. The number of aliphatic hydroxyl groups excluding tert-OH is 2. The van der Waals surface area contributed by atoms with Crippen molar-refractivity contribution in [2.45, 2.75) is 56.3 Å². The van der Waals surface area contributed by atoms with E-state index in [4.69, 9.17) is 30.0 Å². The van der Waals surface area contributed by atoms with Gasteiger partial charge in [-0.05, 0) is 13.0 Å². The number of aromatic nitrogens is 6. The van der Waals surface area contributed by atoms with Crippen LogP contribution in [0.4, 0.5) is 11.6 Å². The van der Waals surface area contributed by atoms with Crippen molar-refractivity contribution in [3.05, 3.63) is 35.4 Å². The highest BCUT2D eigenvalue weighted by Gasteiger charge is 2.46. The van der Waals surface area contributed by atoms with Crippen molar-refractivity contribution in [2.75, 3.05) is 18.1 Å². The molecule has 2 saturated heterocycles. The highest BCUT2D eigenvalue weighted by Crippen LogP contribution is 2.49. The Morgan fingerprint density at radius 1 is 1.19 bits per heavy atom. The number of fused-ring (bicyclic) bond motifs is 1. The van der Waals surface area contributed by atoms with Gasteiger partial charge in [-0.1, -0.05) is 0 Å². The van der Waals surface area contributed by atoms with E-state index in [2.05, 4.69) is 19.9 Å².